The predicted molar refractivity (Wildman–Crippen MR) is 77.2 cm³/mol. The van der Waals surface area contributed by atoms with Gasteiger partial charge in [-0.1, -0.05) is 42.4 Å². The van der Waals surface area contributed by atoms with Crippen molar-refractivity contribution in [1.29, 1.82) is 0 Å². The molecule has 1 atom stereocenters. The number of rotatable bonds is 8. The molecule has 0 amide bonds. The number of methoxy groups -OCH3 is 1. The fourth-order valence-corrected chi connectivity index (χ4v) is 2.13. The Hall–Kier alpha value is -2.04. The zero-order valence-electron chi connectivity index (χ0n) is 11.9. The molecule has 108 valence electrons. The molecule has 0 spiro atoms. The van der Waals surface area contributed by atoms with Gasteiger partial charge in [-0.15, -0.1) is 0 Å². The van der Waals surface area contributed by atoms with Crippen molar-refractivity contribution in [3.05, 3.63) is 46.3 Å². The van der Waals surface area contributed by atoms with Crippen LogP contribution in [-0.4, -0.2) is 31.7 Å². The normalized spacial score (nSPS) is 13.1. The monoisotopic (exact) mass is 276 g/mol. The smallest absolute Gasteiger partial charge is 0.326 e. The standard InChI is InChI=1S/C14H20N4O2/c1-3-14(13(19)20-2,16-9-10-17-18-15)11-12-7-5-4-6-8-12/h4-8,16H,3,9-11H2,1-2H3. The van der Waals surface area contributed by atoms with E-state index in [1.165, 1.54) is 7.11 Å². The Balaban J connectivity index is 2.87. The van der Waals surface area contributed by atoms with Crippen LogP contribution in [0.1, 0.15) is 18.9 Å². The van der Waals surface area contributed by atoms with Gasteiger partial charge in [0.25, 0.3) is 0 Å². The number of nitrogens with zero attached hydrogens (tertiary/aromatic N) is 3. The highest BCUT2D eigenvalue weighted by molar-refractivity contribution is 5.81. The quantitative estimate of drug-likeness (QED) is 0.260. The van der Waals surface area contributed by atoms with Gasteiger partial charge in [0, 0.05) is 24.4 Å². The average Bonchev–Trinajstić information content (AvgIpc) is 2.50. The molecule has 0 aliphatic rings. The minimum atomic E-state index is -0.791. The van der Waals surface area contributed by atoms with E-state index in [-0.39, 0.29) is 5.97 Å². The van der Waals surface area contributed by atoms with Crippen LogP contribution in [-0.2, 0) is 16.0 Å². The molecule has 1 aromatic carbocycles. The summed E-state index contributed by atoms with van der Waals surface area (Å²) in [5.41, 5.74) is 8.54. The number of carbonyl (C=O) groups is 1. The van der Waals surface area contributed by atoms with Gasteiger partial charge in [0.2, 0.25) is 0 Å². The number of hydrogen-bond acceptors (Lipinski definition) is 4. The maximum absolute atomic E-state index is 12.1. The van der Waals surface area contributed by atoms with Crippen molar-refractivity contribution >= 4 is 5.97 Å². The second-order valence-corrected chi connectivity index (χ2v) is 4.47. The lowest BCUT2D eigenvalue weighted by Gasteiger charge is -2.31. The van der Waals surface area contributed by atoms with Gasteiger partial charge in [-0.25, -0.2) is 0 Å². The lowest BCUT2D eigenvalue weighted by atomic mass is 9.88. The summed E-state index contributed by atoms with van der Waals surface area (Å²) >= 11 is 0. The van der Waals surface area contributed by atoms with Crippen LogP contribution in [0.5, 0.6) is 0 Å². The zero-order valence-corrected chi connectivity index (χ0v) is 11.9. The molecule has 1 unspecified atom stereocenters. The number of nitrogens with one attached hydrogen (secondary N) is 1. The van der Waals surface area contributed by atoms with Gasteiger partial charge in [-0.3, -0.25) is 4.79 Å². The number of carbonyl (C=O) groups excluding carboxylic acids is 1. The van der Waals surface area contributed by atoms with Crippen LogP contribution >= 0.6 is 0 Å². The number of benzene rings is 1. The summed E-state index contributed by atoms with van der Waals surface area (Å²) in [6, 6.07) is 9.76. The van der Waals surface area contributed by atoms with Gasteiger partial charge in [-0.05, 0) is 17.5 Å². The van der Waals surface area contributed by atoms with Crippen LogP contribution in [0.25, 0.3) is 10.4 Å². The fourth-order valence-electron chi connectivity index (χ4n) is 2.13. The average molecular weight is 276 g/mol. The molecule has 0 radical (unpaired) electrons. The molecule has 0 saturated heterocycles. The van der Waals surface area contributed by atoms with E-state index in [0.717, 1.165) is 5.56 Å². The van der Waals surface area contributed by atoms with Crippen LogP contribution in [0.4, 0.5) is 0 Å². The van der Waals surface area contributed by atoms with Gasteiger partial charge in [0.1, 0.15) is 5.54 Å². The maximum atomic E-state index is 12.1. The first-order valence-electron chi connectivity index (χ1n) is 6.56. The second kappa shape index (κ2) is 8.19. The summed E-state index contributed by atoms with van der Waals surface area (Å²) < 4.78 is 4.93. The van der Waals surface area contributed by atoms with E-state index in [1.807, 2.05) is 37.3 Å². The Morgan fingerprint density at radius 2 is 2.15 bits per heavy atom. The summed E-state index contributed by atoms with van der Waals surface area (Å²) in [6.07, 6.45) is 1.12. The Morgan fingerprint density at radius 3 is 2.70 bits per heavy atom. The second-order valence-electron chi connectivity index (χ2n) is 4.47. The molecule has 1 rings (SSSR count). The molecule has 0 bridgehead atoms. The molecule has 0 heterocycles. The van der Waals surface area contributed by atoms with E-state index < -0.39 is 5.54 Å². The maximum Gasteiger partial charge on any atom is 0.326 e. The van der Waals surface area contributed by atoms with E-state index in [0.29, 0.717) is 25.9 Å². The number of azide groups is 1. The topological polar surface area (TPSA) is 87.1 Å². The van der Waals surface area contributed by atoms with Crippen molar-refractivity contribution in [2.45, 2.75) is 25.3 Å². The van der Waals surface area contributed by atoms with Gasteiger partial charge in [-0.2, -0.15) is 0 Å². The first-order chi connectivity index (χ1) is 9.68. The Kier molecular flexibility index (Phi) is 6.56. The summed E-state index contributed by atoms with van der Waals surface area (Å²) in [5.74, 6) is -0.301. The minimum Gasteiger partial charge on any atom is -0.468 e. The molecule has 0 aromatic heterocycles. The molecule has 0 aliphatic carbocycles. The van der Waals surface area contributed by atoms with Crippen molar-refractivity contribution in [2.75, 3.05) is 20.2 Å². The highest BCUT2D eigenvalue weighted by atomic mass is 16.5. The molecule has 20 heavy (non-hydrogen) atoms. The third-order valence-corrected chi connectivity index (χ3v) is 3.27. The Labute approximate surface area is 118 Å². The van der Waals surface area contributed by atoms with Crippen LogP contribution in [0.15, 0.2) is 35.4 Å². The van der Waals surface area contributed by atoms with E-state index in [1.54, 1.807) is 0 Å². The van der Waals surface area contributed by atoms with Crippen LogP contribution in [0.2, 0.25) is 0 Å². The van der Waals surface area contributed by atoms with Crippen molar-refractivity contribution in [1.82, 2.24) is 5.32 Å². The Bertz CT molecular complexity index is 471. The fraction of sp³-hybridized carbons (Fsp3) is 0.500. The summed E-state index contributed by atoms with van der Waals surface area (Å²) in [5, 5.41) is 6.64. The predicted octanol–water partition coefficient (Wildman–Crippen LogP) is 2.45. The lowest BCUT2D eigenvalue weighted by Crippen LogP contribution is -2.54. The molecule has 0 saturated carbocycles. The molecule has 1 N–H and O–H groups in total. The third-order valence-electron chi connectivity index (χ3n) is 3.27. The highest BCUT2D eigenvalue weighted by Crippen LogP contribution is 2.19. The molecule has 0 fully saturated rings. The summed E-state index contributed by atoms with van der Waals surface area (Å²) in [7, 11) is 1.38. The van der Waals surface area contributed by atoms with E-state index in [2.05, 4.69) is 15.3 Å². The minimum absolute atomic E-state index is 0.296. The SMILES string of the molecule is CCC(Cc1ccccc1)(NCCN=[N+]=[N-])C(=O)OC. The summed E-state index contributed by atoms with van der Waals surface area (Å²) in [4.78, 5) is 14.8. The van der Waals surface area contributed by atoms with E-state index in [4.69, 9.17) is 10.3 Å². The number of ether oxygens (including phenoxy) is 1. The zero-order chi connectivity index (χ0) is 14.8. The molecule has 0 aliphatic heterocycles. The van der Waals surface area contributed by atoms with Crippen LogP contribution in [0.3, 0.4) is 0 Å². The lowest BCUT2D eigenvalue weighted by molar-refractivity contribution is -0.148. The van der Waals surface area contributed by atoms with E-state index in [9.17, 15) is 4.79 Å². The van der Waals surface area contributed by atoms with E-state index >= 15 is 0 Å². The molecule has 6 heteroatoms. The molecular formula is C14H20N4O2. The van der Waals surface area contributed by atoms with Gasteiger partial charge < -0.3 is 10.1 Å². The van der Waals surface area contributed by atoms with Gasteiger partial charge >= 0.3 is 5.97 Å². The van der Waals surface area contributed by atoms with Crippen LogP contribution < -0.4 is 5.32 Å². The first-order valence-corrected chi connectivity index (χ1v) is 6.56. The first kappa shape index (κ1) is 16.0. The number of hydrogen-bond donors (Lipinski definition) is 1. The van der Waals surface area contributed by atoms with Crippen molar-refractivity contribution < 1.29 is 9.53 Å². The molecule has 1 aromatic rings. The molecular weight excluding hydrogens is 256 g/mol. The van der Waals surface area contributed by atoms with Crippen LogP contribution in [0, 0.1) is 0 Å². The van der Waals surface area contributed by atoms with Crippen molar-refractivity contribution in [3.8, 4) is 0 Å². The largest absolute Gasteiger partial charge is 0.468 e. The molecule has 6 nitrogen and oxygen atoms in total. The van der Waals surface area contributed by atoms with Gasteiger partial charge in [0.05, 0.1) is 7.11 Å². The third kappa shape index (κ3) is 4.26. The Morgan fingerprint density at radius 1 is 1.45 bits per heavy atom. The van der Waals surface area contributed by atoms with Gasteiger partial charge in [0.15, 0.2) is 0 Å². The highest BCUT2D eigenvalue weighted by Gasteiger charge is 2.37. The van der Waals surface area contributed by atoms with Crippen molar-refractivity contribution in [2.24, 2.45) is 5.11 Å². The summed E-state index contributed by atoms with van der Waals surface area (Å²) in [6.45, 7) is 2.66. The number of esters is 1. The van der Waals surface area contributed by atoms with Crippen molar-refractivity contribution in [3.63, 3.8) is 0 Å².